The Hall–Kier alpha value is -1.83. The zero-order valence-corrected chi connectivity index (χ0v) is 23.5. The first-order valence-corrected chi connectivity index (χ1v) is 13.3. The second-order valence-corrected chi connectivity index (χ2v) is 9.17. The first-order chi connectivity index (χ1) is 16.7. The summed E-state index contributed by atoms with van der Waals surface area (Å²) in [5, 5.41) is 3.94. The molecule has 6 heteroatoms. The van der Waals surface area contributed by atoms with Crippen molar-refractivity contribution in [2.45, 2.75) is 103 Å². The van der Waals surface area contributed by atoms with Gasteiger partial charge in [-0.25, -0.2) is 14.4 Å². The fraction of sp³-hybridized carbons (Fsp3) is 0.552. The summed E-state index contributed by atoms with van der Waals surface area (Å²) in [4.78, 5) is 12.2. The van der Waals surface area contributed by atoms with Crippen LogP contribution in [0.2, 0.25) is 0 Å². The quantitative estimate of drug-likeness (QED) is 0.0900. The van der Waals surface area contributed by atoms with E-state index < -0.39 is 0 Å². The van der Waals surface area contributed by atoms with Gasteiger partial charge in [-0.05, 0) is 24.1 Å². The molecule has 0 atom stereocenters. The van der Waals surface area contributed by atoms with Crippen molar-refractivity contribution in [1.82, 2.24) is 5.43 Å². The van der Waals surface area contributed by atoms with Gasteiger partial charge in [-0.2, -0.15) is 5.10 Å². The number of nitrogens with one attached hydrogen (secondary N) is 1. The maximum atomic E-state index is 12.9. The number of hydrazone groups is 1. The van der Waals surface area contributed by atoms with Gasteiger partial charge in [0.25, 0.3) is 5.91 Å². The van der Waals surface area contributed by atoms with Crippen LogP contribution in [-0.2, 0) is 6.54 Å². The maximum absolute atomic E-state index is 12.9. The smallest absolute Gasteiger partial charge is 0.271 e. The van der Waals surface area contributed by atoms with E-state index in [1.165, 1.54) is 102 Å². The zero-order chi connectivity index (χ0) is 24.3. The summed E-state index contributed by atoms with van der Waals surface area (Å²) in [7, 11) is 0. The Morgan fingerprint density at radius 1 is 0.800 bits per heavy atom. The van der Waals surface area contributed by atoms with Gasteiger partial charge in [0.1, 0.15) is 12.4 Å². The third kappa shape index (κ3) is 15.0. The van der Waals surface area contributed by atoms with E-state index in [9.17, 15) is 9.18 Å². The van der Waals surface area contributed by atoms with E-state index in [-0.39, 0.29) is 35.7 Å². The molecule has 0 aliphatic carbocycles. The molecule has 1 N–H and O–H groups in total. The number of benzene rings is 1. The lowest BCUT2D eigenvalue weighted by molar-refractivity contribution is -0.697. The second-order valence-electron chi connectivity index (χ2n) is 9.17. The number of amides is 1. The average molecular weight is 596 g/mol. The van der Waals surface area contributed by atoms with Crippen LogP contribution in [0.4, 0.5) is 4.39 Å². The van der Waals surface area contributed by atoms with Gasteiger partial charge in [-0.1, -0.05) is 96.1 Å². The first-order valence-electron chi connectivity index (χ1n) is 13.3. The van der Waals surface area contributed by atoms with Crippen LogP contribution in [0.25, 0.3) is 0 Å². The van der Waals surface area contributed by atoms with E-state index in [0.29, 0.717) is 5.56 Å². The predicted molar refractivity (Wildman–Crippen MR) is 138 cm³/mol. The van der Waals surface area contributed by atoms with Crippen LogP contribution >= 0.6 is 0 Å². The average Bonchev–Trinajstić information content (AvgIpc) is 2.86. The molecule has 4 nitrogen and oxygen atoms in total. The molecular weight excluding hydrogens is 552 g/mol. The van der Waals surface area contributed by atoms with Gasteiger partial charge in [0, 0.05) is 18.6 Å². The lowest BCUT2D eigenvalue weighted by Gasteiger charge is -2.03. The normalized spacial score (nSPS) is 10.9. The van der Waals surface area contributed by atoms with Crippen LogP contribution < -0.4 is 34.0 Å². The van der Waals surface area contributed by atoms with E-state index >= 15 is 0 Å². The van der Waals surface area contributed by atoms with Crippen LogP contribution in [-0.4, -0.2) is 12.1 Å². The highest BCUT2D eigenvalue weighted by Gasteiger charge is 2.07. The van der Waals surface area contributed by atoms with Gasteiger partial charge in [-0.3, -0.25) is 4.79 Å². The number of carbonyl (C=O) groups excluding carboxylic acids is 1. The fourth-order valence-corrected chi connectivity index (χ4v) is 4.03. The summed E-state index contributed by atoms with van der Waals surface area (Å²) in [5.41, 5.74) is 3.79. The molecule has 1 amide bonds. The van der Waals surface area contributed by atoms with Crippen molar-refractivity contribution in [2.24, 2.45) is 5.10 Å². The van der Waals surface area contributed by atoms with Gasteiger partial charge in [0.05, 0.1) is 11.8 Å². The standard InChI is InChI=1S/C29H42FN3O.HI/c1-2-3-4-5-6-7-8-9-10-11-12-13-14-15-22-33-23-20-27(21-24-33)29(34)32-31-25-26-16-18-28(30)19-17-26;/h16-21,23-25H,2-15,22H2,1H3;1H. The molecule has 0 fully saturated rings. The lowest BCUT2D eigenvalue weighted by Crippen LogP contribution is -3.00. The molecule has 35 heavy (non-hydrogen) atoms. The molecule has 2 rings (SSSR count). The molecule has 2 aromatic rings. The van der Waals surface area contributed by atoms with E-state index in [2.05, 4.69) is 22.0 Å². The van der Waals surface area contributed by atoms with Crippen LogP contribution in [0.5, 0.6) is 0 Å². The minimum atomic E-state index is -0.298. The zero-order valence-electron chi connectivity index (χ0n) is 21.4. The fourth-order valence-electron chi connectivity index (χ4n) is 4.03. The first kappa shape index (κ1) is 31.2. The molecule has 0 saturated carbocycles. The number of nitrogens with zero attached hydrogens (tertiary/aromatic N) is 2. The van der Waals surface area contributed by atoms with E-state index in [0.717, 1.165) is 18.5 Å². The van der Waals surface area contributed by atoms with Crippen LogP contribution in [0.1, 0.15) is 113 Å². The summed E-state index contributed by atoms with van der Waals surface area (Å²) in [6.45, 7) is 3.25. The number of hydrogen-bond acceptors (Lipinski definition) is 2. The molecule has 0 aliphatic heterocycles. The van der Waals surface area contributed by atoms with Gasteiger partial charge in [0.2, 0.25) is 0 Å². The molecule has 1 aromatic carbocycles. The maximum Gasteiger partial charge on any atom is 0.271 e. The molecular formula is C29H43FIN3O. The Kier molecular flexibility index (Phi) is 18.2. The number of aryl methyl sites for hydroxylation is 1. The molecule has 0 bridgehead atoms. The van der Waals surface area contributed by atoms with Gasteiger partial charge < -0.3 is 24.0 Å². The van der Waals surface area contributed by atoms with Crippen molar-refractivity contribution in [3.05, 3.63) is 65.7 Å². The largest absolute Gasteiger partial charge is 1.00 e. The van der Waals surface area contributed by atoms with Crippen molar-refractivity contribution in [2.75, 3.05) is 0 Å². The Morgan fingerprint density at radius 3 is 1.80 bits per heavy atom. The predicted octanol–water partition coefficient (Wildman–Crippen LogP) is 4.36. The number of halogens is 2. The van der Waals surface area contributed by atoms with Crippen molar-refractivity contribution in [1.29, 1.82) is 0 Å². The topological polar surface area (TPSA) is 45.3 Å². The third-order valence-corrected chi connectivity index (χ3v) is 6.17. The highest BCUT2D eigenvalue weighted by atomic mass is 127. The van der Waals surface area contributed by atoms with Crippen molar-refractivity contribution < 1.29 is 37.7 Å². The van der Waals surface area contributed by atoms with E-state index in [1.54, 1.807) is 12.1 Å². The lowest BCUT2D eigenvalue weighted by atomic mass is 10.0. The summed E-state index contributed by atoms with van der Waals surface area (Å²) >= 11 is 0. The minimum Gasteiger partial charge on any atom is -1.00 e. The van der Waals surface area contributed by atoms with E-state index in [4.69, 9.17) is 0 Å². The third-order valence-electron chi connectivity index (χ3n) is 6.17. The monoisotopic (exact) mass is 595 g/mol. The van der Waals surface area contributed by atoms with Crippen LogP contribution in [0.3, 0.4) is 0 Å². The Morgan fingerprint density at radius 2 is 1.29 bits per heavy atom. The van der Waals surface area contributed by atoms with Crippen molar-refractivity contribution in [3.8, 4) is 0 Å². The molecule has 0 spiro atoms. The van der Waals surface area contributed by atoms with Crippen molar-refractivity contribution in [3.63, 3.8) is 0 Å². The number of pyridine rings is 1. The Bertz CT molecular complexity index is 825. The number of unbranched alkanes of at least 4 members (excludes halogenated alkanes) is 13. The molecule has 1 aromatic heterocycles. The minimum absolute atomic E-state index is 0. The molecule has 0 saturated heterocycles. The number of carbonyl (C=O) groups is 1. The SMILES string of the molecule is CCCCCCCCCCCCCCCC[n+]1ccc(C(=O)NN=Cc2ccc(F)cc2)cc1.[I-]. The number of aromatic nitrogens is 1. The van der Waals surface area contributed by atoms with E-state index in [1.807, 2.05) is 24.5 Å². The van der Waals surface area contributed by atoms with Gasteiger partial charge in [-0.15, -0.1) is 0 Å². The summed E-state index contributed by atoms with van der Waals surface area (Å²) < 4.78 is 15.0. The van der Waals surface area contributed by atoms with Crippen LogP contribution in [0.15, 0.2) is 53.9 Å². The molecule has 0 unspecified atom stereocenters. The molecule has 1 heterocycles. The number of rotatable bonds is 18. The van der Waals surface area contributed by atoms with Gasteiger partial charge >= 0.3 is 0 Å². The second kappa shape index (κ2) is 20.4. The Balaban J connectivity index is 0.00000612. The molecule has 0 radical (unpaired) electrons. The summed E-state index contributed by atoms with van der Waals surface area (Å²) in [6, 6.07) is 9.55. The number of hydrogen-bond donors (Lipinski definition) is 1. The molecule has 0 aliphatic rings. The highest BCUT2D eigenvalue weighted by Crippen LogP contribution is 2.13. The Labute approximate surface area is 228 Å². The summed E-state index contributed by atoms with van der Waals surface area (Å²) in [5.74, 6) is -0.560. The van der Waals surface area contributed by atoms with Crippen molar-refractivity contribution >= 4 is 12.1 Å². The van der Waals surface area contributed by atoms with Gasteiger partial charge in [0.15, 0.2) is 12.4 Å². The molecule has 194 valence electrons. The highest BCUT2D eigenvalue weighted by molar-refractivity contribution is 5.94. The van der Waals surface area contributed by atoms with Crippen LogP contribution in [0, 0.1) is 5.82 Å². The summed E-state index contributed by atoms with van der Waals surface area (Å²) in [6.07, 6.45) is 24.5.